The van der Waals surface area contributed by atoms with Crippen LogP contribution in [0.3, 0.4) is 0 Å². The molecule has 0 fully saturated rings. The Balaban J connectivity index is 1.28. The first-order chi connectivity index (χ1) is 25.3. The zero-order valence-corrected chi connectivity index (χ0v) is 28.5. The Bertz CT molecular complexity index is 2140. The SMILES string of the molecule is N/C=C/C=C\C=C/C=C/C=C\C=C/c1cc(-c2ccc3c(c2)C2CC=CC=C2N3c2ccccc2)cc(N(c2ccccc2)c2ccccc2)c1. The minimum atomic E-state index is 0.324. The molecule has 3 nitrogen and oxygen atoms in total. The van der Waals surface area contributed by atoms with E-state index in [0.29, 0.717) is 5.92 Å². The number of fused-ring (bicyclic) bond motifs is 3. The molecule has 1 unspecified atom stereocenters. The number of allylic oxidation sites excluding steroid dienone is 14. The summed E-state index contributed by atoms with van der Waals surface area (Å²) in [5, 5.41) is 0. The van der Waals surface area contributed by atoms with Gasteiger partial charge in [-0.15, -0.1) is 0 Å². The van der Waals surface area contributed by atoms with Crippen molar-refractivity contribution in [2.45, 2.75) is 12.3 Å². The molecule has 2 N–H and O–H groups in total. The van der Waals surface area contributed by atoms with Gasteiger partial charge in [-0.3, -0.25) is 0 Å². The molecule has 7 rings (SSSR count). The Morgan fingerprint density at radius 2 is 1.18 bits per heavy atom. The van der Waals surface area contributed by atoms with Crippen LogP contribution in [0.4, 0.5) is 28.4 Å². The van der Waals surface area contributed by atoms with E-state index in [1.54, 1.807) is 6.08 Å². The number of para-hydroxylation sites is 3. The van der Waals surface area contributed by atoms with Crippen molar-refractivity contribution in [3.63, 3.8) is 0 Å². The quantitative estimate of drug-likeness (QED) is 0.143. The van der Waals surface area contributed by atoms with E-state index in [-0.39, 0.29) is 0 Å². The molecule has 0 saturated carbocycles. The lowest BCUT2D eigenvalue weighted by atomic mass is 9.90. The highest BCUT2D eigenvalue weighted by atomic mass is 15.2. The minimum absolute atomic E-state index is 0.324. The monoisotopic (exact) mass is 659 g/mol. The summed E-state index contributed by atoms with van der Waals surface area (Å²) >= 11 is 0. The van der Waals surface area contributed by atoms with Gasteiger partial charge in [0.2, 0.25) is 0 Å². The van der Waals surface area contributed by atoms with Gasteiger partial charge in [0.25, 0.3) is 0 Å². The summed E-state index contributed by atoms with van der Waals surface area (Å²) in [7, 11) is 0. The number of anilines is 5. The molecule has 0 saturated heterocycles. The Hall–Kier alpha value is -6.58. The number of nitrogens with zero attached hydrogens (tertiary/aromatic N) is 2. The maximum atomic E-state index is 5.36. The van der Waals surface area contributed by atoms with Crippen molar-refractivity contribution in [2.75, 3.05) is 9.80 Å². The van der Waals surface area contributed by atoms with Gasteiger partial charge in [-0.1, -0.05) is 134 Å². The van der Waals surface area contributed by atoms with Crippen LogP contribution in [0.25, 0.3) is 17.2 Å². The number of nitrogens with two attached hydrogens (primary N) is 1. The maximum Gasteiger partial charge on any atom is 0.0497 e. The van der Waals surface area contributed by atoms with Crippen molar-refractivity contribution in [3.8, 4) is 11.1 Å². The molecule has 1 aliphatic heterocycles. The van der Waals surface area contributed by atoms with Crippen LogP contribution in [0, 0.1) is 0 Å². The highest BCUT2D eigenvalue weighted by Gasteiger charge is 2.35. The zero-order chi connectivity index (χ0) is 34.7. The van der Waals surface area contributed by atoms with Gasteiger partial charge < -0.3 is 15.5 Å². The average Bonchev–Trinajstić information content (AvgIpc) is 3.52. The van der Waals surface area contributed by atoms with Crippen molar-refractivity contribution < 1.29 is 0 Å². The van der Waals surface area contributed by atoms with Crippen molar-refractivity contribution >= 4 is 34.5 Å². The Morgan fingerprint density at radius 3 is 1.82 bits per heavy atom. The van der Waals surface area contributed by atoms with Gasteiger partial charge in [0.05, 0.1) is 0 Å². The van der Waals surface area contributed by atoms with E-state index in [4.69, 9.17) is 5.73 Å². The highest BCUT2D eigenvalue weighted by molar-refractivity contribution is 5.85. The average molecular weight is 660 g/mol. The Labute approximate surface area is 302 Å². The second-order valence-corrected chi connectivity index (χ2v) is 12.4. The number of benzene rings is 5. The molecule has 0 amide bonds. The van der Waals surface area contributed by atoms with Crippen molar-refractivity contribution in [1.82, 2.24) is 0 Å². The van der Waals surface area contributed by atoms with Gasteiger partial charge in [-0.2, -0.15) is 0 Å². The number of hydrogen-bond donors (Lipinski definition) is 1. The molecule has 0 bridgehead atoms. The summed E-state index contributed by atoms with van der Waals surface area (Å²) in [4.78, 5) is 4.76. The molecule has 0 spiro atoms. The summed E-state index contributed by atoms with van der Waals surface area (Å²) in [6.07, 6.45) is 31.3. The third-order valence-corrected chi connectivity index (χ3v) is 9.01. The molecule has 2 aliphatic rings. The van der Waals surface area contributed by atoms with E-state index >= 15 is 0 Å². The second-order valence-electron chi connectivity index (χ2n) is 12.4. The van der Waals surface area contributed by atoms with Crippen molar-refractivity contribution in [2.24, 2.45) is 5.73 Å². The molecule has 248 valence electrons. The fourth-order valence-electron chi connectivity index (χ4n) is 6.73. The fourth-order valence-corrected chi connectivity index (χ4v) is 6.73. The highest BCUT2D eigenvalue weighted by Crippen LogP contribution is 2.51. The summed E-state index contributed by atoms with van der Waals surface area (Å²) in [5.41, 5.74) is 17.3. The van der Waals surface area contributed by atoms with Crippen LogP contribution in [0.5, 0.6) is 0 Å². The number of rotatable bonds is 11. The fraction of sp³-hybridized carbons (Fsp3) is 0.0417. The lowest BCUT2D eigenvalue weighted by Crippen LogP contribution is -2.14. The molecule has 51 heavy (non-hydrogen) atoms. The molecular formula is C48H41N3. The first kappa shape index (κ1) is 32.9. The lowest BCUT2D eigenvalue weighted by Gasteiger charge is -2.26. The summed E-state index contributed by atoms with van der Waals surface area (Å²) in [5.74, 6) is 0.324. The third kappa shape index (κ3) is 7.69. The Morgan fingerprint density at radius 1 is 0.569 bits per heavy atom. The smallest absolute Gasteiger partial charge is 0.0497 e. The van der Waals surface area contributed by atoms with E-state index in [2.05, 4.69) is 174 Å². The molecular weight excluding hydrogens is 619 g/mol. The predicted octanol–water partition coefficient (Wildman–Crippen LogP) is 12.6. The van der Waals surface area contributed by atoms with Crippen LogP contribution in [0.1, 0.15) is 23.5 Å². The van der Waals surface area contributed by atoms with E-state index < -0.39 is 0 Å². The maximum absolute atomic E-state index is 5.36. The van der Waals surface area contributed by atoms with Gasteiger partial charge in [0, 0.05) is 40.1 Å². The van der Waals surface area contributed by atoms with E-state index in [1.807, 2.05) is 42.5 Å². The first-order valence-electron chi connectivity index (χ1n) is 17.4. The predicted molar refractivity (Wildman–Crippen MR) is 219 cm³/mol. The molecule has 1 heterocycles. The first-order valence-corrected chi connectivity index (χ1v) is 17.4. The topological polar surface area (TPSA) is 32.5 Å². The summed E-state index contributed by atoms with van der Waals surface area (Å²) < 4.78 is 0. The number of hydrogen-bond acceptors (Lipinski definition) is 3. The lowest BCUT2D eigenvalue weighted by molar-refractivity contribution is 0.820. The summed E-state index contributed by atoms with van der Waals surface area (Å²) in [6, 6.07) is 45.8. The van der Waals surface area contributed by atoms with Crippen LogP contribution >= 0.6 is 0 Å². The van der Waals surface area contributed by atoms with Crippen LogP contribution in [0.2, 0.25) is 0 Å². The van der Waals surface area contributed by atoms with Crippen LogP contribution < -0.4 is 15.5 Å². The molecule has 1 aliphatic carbocycles. The standard InChI is InChI=1S/C48H41N3/c49-33-21-8-6-4-2-1-3-5-7-12-22-38-34-40(36-44(35-38)50(41-23-13-9-14-24-41)42-25-15-10-16-26-42)39-31-32-48-46(37-39)45-29-19-20-30-47(45)51(48)43-27-17-11-18-28-43/h1-28,30-37,45H,29,49H2/b3-1+,4-2-,7-5-,8-6-,22-12-,33-21+. The van der Waals surface area contributed by atoms with E-state index in [9.17, 15) is 0 Å². The molecule has 5 aromatic rings. The summed E-state index contributed by atoms with van der Waals surface area (Å²) in [6.45, 7) is 0. The van der Waals surface area contributed by atoms with Gasteiger partial charge >= 0.3 is 0 Å². The van der Waals surface area contributed by atoms with Gasteiger partial charge in [0.15, 0.2) is 0 Å². The van der Waals surface area contributed by atoms with Gasteiger partial charge in [-0.25, -0.2) is 0 Å². The largest absolute Gasteiger partial charge is 0.405 e. The van der Waals surface area contributed by atoms with E-state index in [0.717, 1.165) is 29.0 Å². The zero-order valence-electron chi connectivity index (χ0n) is 28.5. The van der Waals surface area contributed by atoms with Gasteiger partial charge in [-0.05, 0) is 114 Å². The molecule has 3 heteroatoms. The van der Waals surface area contributed by atoms with Crippen LogP contribution in [-0.2, 0) is 0 Å². The minimum Gasteiger partial charge on any atom is -0.405 e. The second kappa shape index (κ2) is 16.2. The molecule has 1 atom stereocenters. The van der Waals surface area contributed by atoms with Crippen LogP contribution in [-0.4, -0.2) is 0 Å². The van der Waals surface area contributed by atoms with E-state index in [1.165, 1.54) is 40.0 Å². The van der Waals surface area contributed by atoms with Crippen LogP contribution in [0.15, 0.2) is 218 Å². The van der Waals surface area contributed by atoms with Crippen molar-refractivity contribution in [3.05, 3.63) is 229 Å². The van der Waals surface area contributed by atoms with Gasteiger partial charge in [0.1, 0.15) is 0 Å². The third-order valence-electron chi connectivity index (χ3n) is 9.01. The molecule has 0 aromatic heterocycles. The molecule has 5 aromatic carbocycles. The molecule has 0 radical (unpaired) electrons. The van der Waals surface area contributed by atoms with Crippen molar-refractivity contribution in [1.29, 1.82) is 0 Å². The Kier molecular flexibility index (Phi) is 10.5. The normalized spacial score (nSPS) is 15.6.